The Kier molecular flexibility index (Phi) is 12.1. The number of guanidine groups is 1. The summed E-state index contributed by atoms with van der Waals surface area (Å²) in [6.45, 7) is 13.2. The van der Waals surface area contributed by atoms with Crippen molar-refractivity contribution in [2.24, 2.45) is 4.99 Å². The molecule has 5 heteroatoms. The van der Waals surface area contributed by atoms with E-state index < -0.39 is 0 Å². The fourth-order valence-corrected chi connectivity index (χ4v) is 2.81. The molecule has 4 nitrogen and oxygen atoms in total. The summed E-state index contributed by atoms with van der Waals surface area (Å²) in [5.74, 6) is 0.863. The summed E-state index contributed by atoms with van der Waals surface area (Å²) in [7, 11) is 1.82. The average molecular weight is 446 g/mol. The molecule has 1 atom stereocenters. The lowest BCUT2D eigenvalue weighted by atomic mass is 10.1. The maximum Gasteiger partial charge on any atom is 0.191 e. The van der Waals surface area contributed by atoms with Gasteiger partial charge in [0.25, 0.3) is 0 Å². The average Bonchev–Trinajstić information content (AvgIpc) is 2.53. The highest BCUT2D eigenvalue weighted by Gasteiger charge is 2.12. The minimum Gasteiger partial charge on any atom is -0.356 e. The van der Waals surface area contributed by atoms with Crippen molar-refractivity contribution in [3.63, 3.8) is 0 Å². The van der Waals surface area contributed by atoms with Crippen LogP contribution in [0.3, 0.4) is 0 Å². The van der Waals surface area contributed by atoms with Crippen molar-refractivity contribution in [3.05, 3.63) is 35.9 Å². The third-order valence-corrected chi connectivity index (χ3v) is 4.09. The van der Waals surface area contributed by atoms with E-state index in [9.17, 15) is 0 Å². The first-order chi connectivity index (χ1) is 11.0. The van der Waals surface area contributed by atoms with Crippen LogP contribution in [-0.4, -0.2) is 43.1 Å². The summed E-state index contributed by atoms with van der Waals surface area (Å²) >= 11 is 0. The van der Waals surface area contributed by atoms with Crippen LogP contribution >= 0.6 is 24.0 Å². The number of hydrogen-bond donors (Lipinski definition) is 2. The summed E-state index contributed by atoms with van der Waals surface area (Å²) in [5.41, 5.74) is 1.27. The van der Waals surface area contributed by atoms with Gasteiger partial charge in [0, 0.05) is 32.2 Å². The highest BCUT2D eigenvalue weighted by atomic mass is 127. The SMILES string of the molecule is CN=C(NCCCN(C(C)C)C(C)C)NC(C)c1ccccc1.I. The van der Waals surface area contributed by atoms with Gasteiger partial charge in [0.05, 0.1) is 6.04 Å². The van der Waals surface area contributed by atoms with Gasteiger partial charge in [-0.2, -0.15) is 0 Å². The van der Waals surface area contributed by atoms with Crippen molar-refractivity contribution < 1.29 is 0 Å². The molecule has 0 aliphatic heterocycles. The Hall–Kier alpha value is -0.820. The van der Waals surface area contributed by atoms with Gasteiger partial charge in [0.15, 0.2) is 5.96 Å². The molecule has 0 saturated heterocycles. The van der Waals surface area contributed by atoms with E-state index in [2.05, 4.69) is 79.4 Å². The Morgan fingerprint density at radius 2 is 1.62 bits per heavy atom. The smallest absolute Gasteiger partial charge is 0.191 e. The third kappa shape index (κ3) is 8.33. The second-order valence-corrected chi connectivity index (χ2v) is 6.55. The van der Waals surface area contributed by atoms with Gasteiger partial charge < -0.3 is 10.6 Å². The Balaban J connectivity index is 0.00000529. The van der Waals surface area contributed by atoms with Crippen LogP contribution in [0.1, 0.15) is 52.6 Å². The molecule has 0 spiro atoms. The molecule has 1 rings (SSSR count). The fourth-order valence-electron chi connectivity index (χ4n) is 2.81. The molecule has 1 aromatic rings. The van der Waals surface area contributed by atoms with Crippen molar-refractivity contribution in [1.82, 2.24) is 15.5 Å². The number of halogens is 1. The molecule has 0 radical (unpaired) electrons. The van der Waals surface area contributed by atoms with Crippen LogP contribution in [0.4, 0.5) is 0 Å². The zero-order valence-corrected chi connectivity index (χ0v) is 18.4. The number of benzene rings is 1. The monoisotopic (exact) mass is 446 g/mol. The van der Waals surface area contributed by atoms with Gasteiger partial charge in [-0.15, -0.1) is 24.0 Å². The molecule has 0 bridgehead atoms. The molecule has 1 aromatic carbocycles. The van der Waals surface area contributed by atoms with E-state index in [4.69, 9.17) is 0 Å². The van der Waals surface area contributed by atoms with Crippen molar-refractivity contribution in [1.29, 1.82) is 0 Å². The van der Waals surface area contributed by atoms with E-state index in [1.54, 1.807) is 0 Å². The van der Waals surface area contributed by atoms with E-state index in [1.807, 2.05) is 13.1 Å². The van der Waals surface area contributed by atoms with Crippen molar-refractivity contribution >= 4 is 29.9 Å². The maximum atomic E-state index is 4.32. The molecule has 0 aromatic heterocycles. The molecule has 0 amide bonds. The fraction of sp³-hybridized carbons (Fsp3) is 0.632. The standard InChI is InChI=1S/C19H34N4.HI/c1-15(2)23(16(3)4)14-10-13-21-19(20-6)22-17(5)18-11-8-7-9-12-18;/h7-9,11-12,15-17H,10,13-14H2,1-6H3,(H2,20,21,22);1H. The molecule has 0 saturated carbocycles. The second-order valence-electron chi connectivity index (χ2n) is 6.55. The first kappa shape index (κ1) is 23.2. The number of aliphatic imine (C=N–C) groups is 1. The molecular weight excluding hydrogens is 411 g/mol. The summed E-state index contributed by atoms with van der Waals surface area (Å²) in [6.07, 6.45) is 1.11. The van der Waals surface area contributed by atoms with Gasteiger partial charge in [-0.3, -0.25) is 9.89 Å². The molecule has 0 fully saturated rings. The highest BCUT2D eigenvalue weighted by molar-refractivity contribution is 14.0. The lowest BCUT2D eigenvalue weighted by molar-refractivity contribution is 0.173. The molecule has 0 heterocycles. The molecule has 2 N–H and O–H groups in total. The van der Waals surface area contributed by atoms with Crippen molar-refractivity contribution in [3.8, 4) is 0 Å². The van der Waals surface area contributed by atoms with Gasteiger partial charge in [-0.25, -0.2) is 0 Å². The predicted octanol–water partition coefficient (Wildman–Crippen LogP) is 4.04. The normalized spacial score (nSPS) is 13.1. The second kappa shape index (κ2) is 12.5. The zero-order valence-electron chi connectivity index (χ0n) is 16.0. The van der Waals surface area contributed by atoms with Crippen LogP contribution in [-0.2, 0) is 0 Å². The Morgan fingerprint density at radius 1 is 1.04 bits per heavy atom. The third-order valence-electron chi connectivity index (χ3n) is 4.09. The summed E-state index contributed by atoms with van der Waals surface area (Å²) in [6, 6.07) is 11.9. The Bertz CT molecular complexity index is 452. The lowest BCUT2D eigenvalue weighted by Gasteiger charge is -2.30. The van der Waals surface area contributed by atoms with Crippen LogP contribution in [0.25, 0.3) is 0 Å². The van der Waals surface area contributed by atoms with Gasteiger partial charge in [0.2, 0.25) is 0 Å². The van der Waals surface area contributed by atoms with E-state index in [0.29, 0.717) is 12.1 Å². The number of hydrogen-bond acceptors (Lipinski definition) is 2. The summed E-state index contributed by atoms with van der Waals surface area (Å²) in [4.78, 5) is 6.84. The first-order valence-corrected chi connectivity index (χ1v) is 8.73. The molecule has 138 valence electrons. The van der Waals surface area contributed by atoms with E-state index >= 15 is 0 Å². The van der Waals surface area contributed by atoms with Crippen molar-refractivity contribution in [2.45, 2.75) is 59.2 Å². The molecule has 1 unspecified atom stereocenters. The van der Waals surface area contributed by atoms with Crippen LogP contribution in [0.5, 0.6) is 0 Å². The number of rotatable bonds is 8. The summed E-state index contributed by atoms with van der Waals surface area (Å²) < 4.78 is 0. The molecule has 0 aliphatic carbocycles. The van der Waals surface area contributed by atoms with Crippen molar-refractivity contribution in [2.75, 3.05) is 20.1 Å². The van der Waals surface area contributed by atoms with Gasteiger partial charge in [-0.05, 0) is 46.6 Å². The highest BCUT2D eigenvalue weighted by Crippen LogP contribution is 2.10. The zero-order chi connectivity index (χ0) is 17.2. The first-order valence-electron chi connectivity index (χ1n) is 8.73. The van der Waals surface area contributed by atoms with E-state index in [1.165, 1.54) is 5.56 Å². The van der Waals surface area contributed by atoms with E-state index in [-0.39, 0.29) is 30.0 Å². The Morgan fingerprint density at radius 3 is 2.12 bits per heavy atom. The Labute approximate surface area is 165 Å². The molecular formula is C19H35IN4. The quantitative estimate of drug-likeness (QED) is 0.274. The minimum absolute atomic E-state index is 0. The summed E-state index contributed by atoms with van der Waals surface area (Å²) in [5, 5.41) is 6.86. The predicted molar refractivity (Wildman–Crippen MR) is 116 cm³/mol. The largest absolute Gasteiger partial charge is 0.356 e. The topological polar surface area (TPSA) is 39.7 Å². The number of nitrogens with one attached hydrogen (secondary N) is 2. The van der Waals surface area contributed by atoms with Crippen LogP contribution in [0.2, 0.25) is 0 Å². The van der Waals surface area contributed by atoms with Crippen LogP contribution in [0.15, 0.2) is 35.3 Å². The minimum atomic E-state index is 0. The molecule has 24 heavy (non-hydrogen) atoms. The van der Waals surface area contributed by atoms with Crippen LogP contribution < -0.4 is 10.6 Å². The van der Waals surface area contributed by atoms with E-state index in [0.717, 1.165) is 25.5 Å². The lowest BCUT2D eigenvalue weighted by Crippen LogP contribution is -2.41. The maximum absolute atomic E-state index is 4.32. The number of nitrogens with zero attached hydrogens (tertiary/aromatic N) is 2. The van der Waals surface area contributed by atoms with Gasteiger partial charge >= 0.3 is 0 Å². The van der Waals surface area contributed by atoms with Gasteiger partial charge in [0.1, 0.15) is 0 Å². The van der Waals surface area contributed by atoms with Crippen LogP contribution in [0, 0.1) is 0 Å². The molecule has 0 aliphatic rings. The van der Waals surface area contributed by atoms with Gasteiger partial charge in [-0.1, -0.05) is 30.3 Å².